The molecule has 2 heteroatoms. The Kier molecular flexibility index (Phi) is 3.49. The molecule has 0 aliphatic heterocycles. The third-order valence-corrected chi connectivity index (χ3v) is 3.92. The van der Waals surface area contributed by atoms with Crippen molar-refractivity contribution in [2.45, 2.75) is 52.1 Å². The highest BCUT2D eigenvalue weighted by molar-refractivity contribution is 5.79. The summed E-state index contributed by atoms with van der Waals surface area (Å²) in [5.41, 5.74) is 2.35. The van der Waals surface area contributed by atoms with Crippen molar-refractivity contribution in [1.82, 2.24) is 0 Å². The van der Waals surface area contributed by atoms with Crippen LogP contribution in [0.15, 0.2) is 28.7 Å². The molecule has 0 saturated carbocycles. The van der Waals surface area contributed by atoms with Crippen LogP contribution in [0.3, 0.4) is 0 Å². The van der Waals surface area contributed by atoms with Gasteiger partial charge in [0.15, 0.2) is 0 Å². The van der Waals surface area contributed by atoms with Crippen molar-refractivity contribution in [2.24, 2.45) is 0 Å². The van der Waals surface area contributed by atoms with Gasteiger partial charge in [-0.3, -0.25) is 0 Å². The SMILES string of the molecule is CCC(O)c1cc2cc(C(C)(C)CC)ccc2o1. The molecule has 98 valence electrons. The molecule has 2 nitrogen and oxygen atoms in total. The Morgan fingerprint density at radius 3 is 2.56 bits per heavy atom. The van der Waals surface area contributed by atoms with Crippen molar-refractivity contribution < 1.29 is 9.52 Å². The van der Waals surface area contributed by atoms with Gasteiger partial charge in [-0.1, -0.05) is 33.8 Å². The highest BCUT2D eigenvalue weighted by Gasteiger charge is 2.19. The lowest BCUT2D eigenvalue weighted by Crippen LogP contribution is -2.14. The van der Waals surface area contributed by atoms with Crippen molar-refractivity contribution in [3.8, 4) is 0 Å². The maximum Gasteiger partial charge on any atom is 0.134 e. The highest BCUT2D eigenvalue weighted by Crippen LogP contribution is 2.32. The molecule has 0 radical (unpaired) electrons. The Hall–Kier alpha value is -1.28. The summed E-state index contributed by atoms with van der Waals surface area (Å²) in [4.78, 5) is 0. The zero-order valence-electron chi connectivity index (χ0n) is 11.7. The maximum atomic E-state index is 9.81. The molecule has 2 rings (SSSR count). The van der Waals surface area contributed by atoms with Crippen molar-refractivity contribution in [1.29, 1.82) is 0 Å². The van der Waals surface area contributed by atoms with E-state index in [4.69, 9.17) is 4.42 Å². The van der Waals surface area contributed by atoms with E-state index in [1.807, 2.05) is 19.1 Å². The molecule has 0 aliphatic rings. The number of rotatable bonds is 4. The lowest BCUT2D eigenvalue weighted by Gasteiger charge is -2.23. The second-order valence-corrected chi connectivity index (χ2v) is 5.56. The van der Waals surface area contributed by atoms with E-state index in [-0.39, 0.29) is 5.41 Å². The van der Waals surface area contributed by atoms with Crippen LogP contribution in [0.2, 0.25) is 0 Å². The van der Waals surface area contributed by atoms with Gasteiger partial charge in [0.25, 0.3) is 0 Å². The van der Waals surface area contributed by atoms with Gasteiger partial charge in [0.05, 0.1) is 0 Å². The minimum Gasteiger partial charge on any atom is -0.458 e. The van der Waals surface area contributed by atoms with E-state index < -0.39 is 6.10 Å². The van der Waals surface area contributed by atoms with Crippen molar-refractivity contribution in [3.63, 3.8) is 0 Å². The molecule has 1 unspecified atom stereocenters. The van der Waals surface area contributed by atoms with Crippen LogP contribution < -0.4 is 0 Å². The van der Waals surface area contributed by atoms with Gasteiger partial charge in [-0.25, -0.2) is 0 Å². The van der Waals surface area contributed by atoms with Gasteiger partial charge in [0.1, 0.15) is 17.4 Å². The molecular weight excluding hydrogens is 224 g/mol. The van der Waals surface area contributed by atoms with E-state index in [1.54, 1.807) is 0 Å². The van der Waals surface area contributed by atoms with E-state index in [0.29, 0.717) is 12.2 Å². The number of aliphatic hydroxyl groups excluding tert-OH is 1. The number of hydrogen-bond donors (Lipinski definition) is 1. The first kappa shape index (κ1) is 13.2. The van der Waals surface area contributed by atoms with Crippen molar-refractivity contribution in [3.05, 3.63) is 35.6 Å². The van der Waals surface area contributed by atoms with Gasteiger partial charge in [-0.15, -0.1) is 0 Å². The number of furan rings is 1. The average molecular weight is 246 g/mol. The van der Waals surface area contributed by atoms with Gasteiger partial charge in [0.2, 0.25) is 0 Å². The number of benzene rings is 1. The molecule has 1 aromatic heterocycles. The van der Waals surface area contributed by atoms with Gasteiger partial charge < -0.3 is 9.52 Å². The summed E-state index contributed by atoms with van der Waals surface area (Å²) in [5.74, 6) is 0.666. The predicted molar refractivity (Wildman–Crippen MR) is 74.8 cm³/mol. The predicted octanol–water partition coefficient (Wildman–Crippen LogP) is 4.56. The fourth-order valence-electron chi connectivity index (χ4n) is 2.05. The van der Waals surface area contributed by atoms with E-state index in [2.05, 4.69) is 32.9 Å². The first-order chi connectivity index (χ1) is 8.47. The van der Waals surface area contributed by atoms with Crippen LogP contribution in [0.5, 0.6) is 0 Å². The Balaban J connectivity index is 2.46. The van der Waals surface area contributed by atoms with E-state index in [0.717, 1.165) is 17.4 Å². The summed E-state index contributed by atoms with van der Waals surface area (Å²) in [6.07, 6.45) is 1.27. The highest BCUT2D eigenvalue weighted by atomic mass is 16.4. The van der Waals surface area contributed by atoms with Gasteiger partial charge in [-0.05, 0) is 42.0 Å². The summed E-state index contributed by atoms with van der Waals surface area (Å²) in [5, 5.41) is 10.9. The van der Waals surface area contributed by atoms with Crippen molar-refractivity contribution in [2.75, 3.05) is 0 Å². The van der Waals surface area contributed by atoms with Gasteiger partial charge in [-0.2, -0.15) is 0 Å². The molecule has 0 spiro atoms. The molecule has 0 saturated heterocycles. The van der Waals surface area contributed by atoms with E-state index in [1.165, 1.54) is 5.56 Å². The lowest BCUT2D eigenvalue weighted by atomic mass is 9.82. The monoisotopic (exact) mass is 246 g/mol. The molecule has 0 bridgehead atoms. The van der Waals surface area contributed by atoms with Crippen LogP contribution in [0.1, 0.15) is 58.0 Å². The first-order valence-corrected chi connectivity index (χ1v) is 6.70. The third-order valence-electron chi connectivity index (χ3n) is 3.92. The maximum absolute atomic E-state index is 9.81. The normalized spacial score (nSPS) is 14.1. The Morgan fingerprint density at radius 1 is 1.22 bits per heavy atom. The Morgan fingerprint density at radius 2 is 1.94 bits per heavy atom. The number of aliphatic hydroxyl groups is 1. The molecule has 1 aromatic carbocycles. The van der Waals surface area contributed by atoms with Crippen LogP contribution in [-0.2, 0) is 5.41 Å². The van der Waals surface area contributed by atoms with E-state index >= 15 is 0 Å². The smallest absolute Gasteiger partial charge is 0.134 e. The second-order valence-electron chi connectivity index (χ2n) is 5.56. The van der Waals surface area contributed by atoms with E-state index in [9.17, 15) is 5.11 Å². The minimum absolute atomic E-state index is 0.176. The summed E-state index contributed by atoms with van der Waals surface area (Å²) < 4.78 is 5.67. The molecule has 0 aliphatic carbocycles. The number of fused-ring (bicyclic) bond motifs is 1. The zero-order valence-corrected chi connectivity index (χ0v) is 11.7. The van der Waals surface area contributed by atoms with Crippen molar-refractivity contribution >= 4 is 11.0 Å². The van der Waals surface area contributed by atoms with Crippen LogP contribution in [-0.4, -0.2) is 5.11 Å². The lowest BCUT2D eigenvalue weighted by molar-refractivity contribution is 0.148. The zero-order chi connectivity index (χ0) is 13.3. The molecule has 18 heavy (non-hydrogen) atoms. The van der Waals surface area contributed by atoms with Crippen LogP contribution >= 0.6 is 0 Å². The standard InChI is InChI=1S/C16H22O2/c1-5-13(17)15-10-11-9-12(16(3,4)6-2)7-8-14(11)18-15/h7-10,13,17H,5-6H2,1-4H3. The first-order valence-electron chi connectivity index (χ1n) is 6.70. The quantitative estimate of drug-likeness (QED) is 0.857. The summed E-state index contributed by atoms with van der Waals surface area (Å²) in [6.45, 7) is 8.64. The molecule has 0 fully saturated rings. The van der Waals surface area contributed by atoms with Gasteiger partial charge in [0, 0.05) is 5.39 Å². The molecule has 1 N–H and O–H groups in total. The van der Waals surface area contributed by atoms with Crippen LogP contribution in [0, 0.1) is 0 Å². The Bertz CT molecular complexity index is 537. The fourth-order valence-corrected chi connectivity index (χ4v) is 2.05. The summed E-state index contributed by atoms with van der Waals surface area (Å²) in [7, 11) is 0. The molecular formula is C16H22O2. The number of hydrogen-bond acceptors (Lipinski definition) is 2. The summed E-state index contributed by atoms with van der Waals surface area (Å²) in [6, 6.07) is 8.26. The largest absolute Gasteiger partial charge is 0.458 e. The van der Waals surface area contributed by atoms with Gasteiger partial charge >= 0.3 is 0 Å². The van der Waals surface area contributed by atoms with Crippen LogP contribution in [0.25, 0.3) is 11.0 Å². The summed E-state index contributed by atoms with van der Waals surface area (Å²) >= 11 is 0. The minimum atomic E-state index is -0.500. The molecule has 2 aromatic rings. The average Bonchev–Trinajstić information content (AvgIpc) is 2.80. The molecule has 1 atom stereocenters. The topological polar surface area (TPSA) is 33.4 Å². The Labute approximate surface area is 109 Å². The van der Waals surface area contributed by atoms with Crippen LogP contribution in [0.4, 0.5) is 0 Å². The molecule has 1 heterocycles. The second kappa shape index (κ2) is 4.77. The molecule has 0 amide bonds. The fraction of sp³-hybridized carbons (Fsp3) is 0.500. The third kappa shape index (κ3) is 2.30.